The van der Waals surface area contributed by atoms with E-state index in [1.807, 2.05) is 0 Å². The van der Waals surface area contributed by atoms with Crippen LogP contribution in [0.25, 0.3) is 5.69 Å². The summed E-state index contributed by atoms with van der Waals surface area (Å²) in [6.07, 6.45) is 0.161. The average Bonchev–Trinajstić information content (AvgIpc) is 3.35. The fraction of sp³-hybridized carbons (Fsp3) is 0.280. The average molecular weight is 910 g/mol. The van der Waals surface area contributed by atoms with Gasteiger partial charge in [0, 0.05) is 17.2 Å². The Morgan fingerprint density at radius 3 is 2.04 bits per heavy atom. The van der Waals surface area contributed by atoms with Crippen LogP contribution in [0, 0.1) is 6.92 Å². The normalized spacial score (nSPS) is 12.5. The molecule has 2 aromatic carbocycles. The Bertz CT molecular complexity index is 2310. The molecule has 0 aliphatic carbocycles. The van der Waals surface area contributed by atoms with Crippen molar-refractivity contribution >= 4 is 112 Å². The zero-order valence-electron chi connectivity index (χ0n) is 27.0. The van der Waals surface area contributed by atoms with Crippen molar-refractivity contribution in [2.75, 3.05) is 28.3 Å². The van der Waals surface area contributed by atoms with Gasteiger partial charge in [-0.3, -0.25) is 13.7 Å². The van der Waals surface area contributed by atoms with Crippen LogP contribution in [-0.4, -0.2) is 97.0 Å². The van der Waals surface area contributed by atoms with Crippen LogP contribution >= 0.6 is 58.8 Å². The summed E-state index contributed by atoms with van der Waals surface area (Å²) in [5.74, 6) is -1.13. The molecule has 4 aromatic rings. The Morgan fingerprint density at radius 2 is 1.48 bits per heavy atom. The van der Waals surface area contributed by atoms with Gasteiger partial charge >= 0.3 is 0 Å². The van der Waals surface area contributed by atoms with E-state index in [0.717, 1.165) is 40.3 Å². The SMILES string of the molecule is Cc1nn(-c2cc(Cl)c(S(=O)(=O)O)cc2Cl)c(O)c1/N=N/c1cc(Nc2nc(SCCCS(=O)(=O)O)nc(SCCCS(=O)(=O)O)n2)ccc1SOOO. The van der Waals surface area contributed by atoms with Crippen molar-refractivity contribution in [3.8, 4) is 11.6 Å². The lowest BCUT2D eigenvalue weighted by molar-refractivity contribution is -0.432. The van der Waals surface area contributed by atoms with E-state index in [4.69, 9.17) is 37.6 Å². The van der Waals surface area contributed by atoms with Gasteiger partial charge in [0.05, 0.1) is 49.9 Å². The third-order valence-electron chi connectivity index (χ3n) is 6.29. The zero-order chi connectivity index (χ0) is 39.8. The lowest BCUT2D eigenvalue weighted by atomic mass is 10.3. The second-order valence-electron chi connectivity index (χ2n) is 10.3. The Kier molecular flexibility index (Phi) is 15.3. The largest absolute Gasteiger partial charge is 0.492 e. The molecule has 0 saturated heterocycles. The minimum absolute atomic E-state index is 0.00288. The Labute approximate surface area is 329 Å². The van der Waals surface area contributed by atoms with E-state index in [1.54, 1.807) is 0 Å². The number of aromatic nitrogens is 5. The number of azo groups is 1. The van der Waals surface area contributed by atoms with Gasteiger partial charge in [0.1, 0.15) is 10.6 Å². The highest BCUT2D eigenvalue weighted by molar-refractivity contribution is 7.99. The zero-order valence-corrected chi connectivity index (χ0v) is 33.4. The Morgan fingerprint density at radius 1 is 0.870 bits per heavy atom. The Balaban J connectivity index is 1.65. The number of halogens is 2. The number of hydrogen-bond acceptors (Lipinski definition) is 20. The predicted molar refractivity (Wildman–Crippen MR) is 198 cm³/mol. The van der Waals surface area contributed by atoms with Gasteiger partial charge in [-0.25, -0.2) is 5.26 Å². The lowest BCUT2D eigenvalue weighted by Gasteiger charge is -2.10. The van der Waals surface area contributed by atoms with Crippen LogP contribution in [0.3, 0.4) is 0 Å². The van der Waals surface area contributed by atoms with Gasteiger partial charge in [-0.1, -0.05) is 51.8 Å². The van der Waals surface area contributed by atoms with Crippen LogP contribution < -0.4 is 5.32 Å². The molecule has 0 fully saturated rings. The predicted octanol–water partition coefficient (Wildman–Crippen LogP) is 5.95. The number of benzene rings is 2. The molecule has 0 amide bonds. The highest BCUT2D eigenvalue weighted by Crippen LogP contribution is 2.40. The fourth-order valence-corrected chi connectivity index (χ4v) is 8.76. The minimum atomic E-state index is -4.71. The minimum Gasteiger partial charge on any atom is -0.492 e. The van der Waals surface area contributed by atoms with Gasteiger partial charge in [-0.2, -0.15) is 50.0 Å². The number of aryl methyl sites for hydroxylation is 1. The van der Waals surface area contributed by atoms with E-state index >= 15 is 0 Å². The maximum Gasteiger partial charge on any atom is 0.296 e. The first kappa shape index (κ1) is 43.8. The van der Waals surface area contributed by atoms with Gasteiger partial charge < -0.3 is 10.4 Å². The van der Waals surface area contributed by atoms with Crippen molar-refractivity contribution < 1.29 is 58.6 Å². The third-order valence-corrected chi connectivity index (χ3v) is 12.0. The molecule has 0 saturated carbocycles. The molecule has 4 rings (SSSR count). The number of hydrogen-bond donors (Lipinski definition) is 6. The van der Waals surface area contributed by atoms with E-state index in [9.17, 15) is 34.9 Å². The highest BCUT2D eigenvalue weighted by Gasteiger charge is 2.23. The van der Waals surface area contributed by atoms with Crippen molar-refractivity contribution in [2.24, 2.45) is 10.2 Å². The molecule has 0 spiro atoms. The van der Waals surface area contributed by atoms with E-state index in [2.05, 4.69) is 45.0 Å². The van der Waals surface area contributed by atoms with Gasteiger partial charge in [-0.05, 0) is 50.1 Å². The second-order valence-corrected chi connectivity index (χ2v) is 18.5. The fourth-order valence-electron chi connectivity index (χ4n) is 4.03. The van der Waals surface area contributed by atoms with Gasteiger partial charge in [-0.15, -0.1) is 14.6 Å². The van der Waals surface area contributed by atoms with Crippen molar-refractivity contribution in [1.82, 2.24) is 24.7 Å². The first-order valence-corrected chi connectivity index (χ1v) is 22.5. The first-order valence-electron chi connectivity index (χ1n) is 14.4. The quantitative estimate of drug-likeness (QED) is 0.0120. The molecule has 0 radical (unpaired) electrons. The summed E-state index contributed by atoms with van der Waals surface area (Å²) >= 11 is 14.9. The second kappa shape index (κ2) is 18.8. The molecule has 0 bridgehead atoms. The van der Waals surface area contributed by atoms with Crippen molar-refractivity contribution in [1.29, 1.82) is 0 Å². The summed E-state index contributed by atoms with van der Waals surface area (Å²) < 4.78 is 101. The summed E-state index contributed by atoms with van der Waals surface area (Å²) in [5, 5.41) is 38.5. The van der Waals surface area contributed by atoms with Crippen LogP contribution in [0.5, 0.6) is 5.88 Å². The summed E-state index contributed by atoms with van der Waals surface area (Å²) in [6, 6.07) is 6.39. The number of rotatable bonds is 19. The molecule has 294 valence electrons. The van der Waals surface area contributed by atoms with Gasteiger partial charge in [0.15, 0.2) is 16.0 Å². The molecule has 6 N–H and O–H groups in total. The standard InChI is InChI=1S/C25H26Cl2N8O13S6/c1-13-21(22(36)35(34-13)18-11-16(27)20(12-15(18)26)54(44,45)46)33-32-17-10-14(4-5-19(17)51-48-47-37)28-23-29-24(49-6-2-8-52(38,39)40)31-25(30-23)50-7-3-9-53(41,42)43/h4-5,10-12,36-37H,2-3,6-9H2,1H3,(H,38,39,40)(H,41,42,43)(H,44,45,46)(H,28,29,30,31)/b33-32+. The van der Waals surface area contributed by atoms with Crippen LogP contribution in [0.15, 0.2) is 60.7 Å². The van der Waals surface area contributed by atoms with E-state index < -0.39 is 57.7 Å². The number of anilines is 2. The maximum atomic E-state index is 11.6. The molecular weight excluding hydrogens is 884 g/mol. The summed E-state index contributed by atoms with van der Waals surface area (Å²) in [4.78, 5) is 12.5. The number of nitrogens with one attached hydrogen (secondary N) is 1. The number of thioether (sulfide) groups is 2. The molecule has 29 heteroatoms. The molecule has 54 heavy (non-hydrogen) atoms. The summed E-state index contributed by atoms with van der Waals surface area (Å²) in [5.41, 5.74) is 0.302. The summed E-state index contributed by atoms with van der Waals surface area (Å²) in [7, 11) is -13.1. The van der Waals surface area contributed by atoms with Crippen molar-refractivity contribution in [3.63, 3.8) is 0 Å². The maximum absolute atomic E-state index is 11.6. The van der Waals surface area contributed by atoms with Crippen LogP contribution in [0.4, 0.5) is 23.0 Å². The lowest BCUT2D eigenvalue weighted by Crippen LogP contribution is -2.06. The smallest absolute Gasteiger partial charge is 0.296 e. The van der Waals surface area contributed by atoms with E-state index in [0.29, 0.717) is 17.7 Å². The third kappa shape index (κ3) is 13.1. The number of aromatic hydroxyl groups is 1. The molecule has 2 heterocycles. The van der Waals surface area contributed by atoms with Crippen molar-refractivity contribution in [3.05, 3.63) is 46.1 Å². The molecule has 21 nitrogen and oxygen atoms in total. The monoisotopic (exact) mass is 908 g/mol. The van der Waals surface area contributed by atoms with Gasteiger partial charge in [0.2, 0.25) is 11.8 Å². The Hall–Kier alpha value is -2.90. The molecule has 0 aliphatic rings. The first-order chi connectivity index (χ1) is 25.2. The van der Waals surface area contributed by atoms with Crippen LogP contribution in [0.1, 0.15) is 18.5 Å². The molecule has 2 aromatic heterocycles. The molecule has 0 atom stereocenters. The molecule has 0 unspecified atom stereocenters. The highest BCUT2D eigenvalue weighted by atomic mass is 35.5. The topological polar surface area (TPSA) is 315 Å². The van der Waals surface area contributed by atoms with Crippen LogP contribution in [0.2, 0.25) is 10.0 Å². The van der Waals surface area contributed by atoms with E-state index in [-0.39, 0.29) is 73.3 Å². The number of nitrogens with zero attached hydrogens (tertiary/aromatic N) is 7. The van der Waals surface area contributed by atoms with E-state index in [1.165, 1.54) is 25.1 Å². The molecular formula is C25H26Cl2N8O13S6. The van der Waals surface area contributed by atoms with Crippen LogP contribution in [-0.2, 0) is 39.7 Å². The summed E-state index contributed by atoms with van der Waals surface area (Å²) in [6.45, 7) is 1.47. The van der Waals surface area contributed by atoms with Crippen molar-refractivity contribution in [2.45, 2.75) is 39.9 Å². The van der Waals surface area contributed by atoms with Gasteiger partial charge in [0.25, 0.3) is 30.4 Å². The molecule has 0 aliphatic heterocycles.